The second-order valence-corrected chi connectivity index (χ2v) is 7.61. The Morgan fingerprint density at radius 1 is 1.21 bits per heavy atom. The van der Waals surface area contributed by atoms with Gasteiger partial charge in [0.25, 0.3) is 10.2 Å². The van der Waals surface area contributed by atoms with E-state index in [1.165, 1.54) is 0 Å². The molecule has 0 saturated carbocycles. The van der Waals surface area contributed by atoms with Crippen molar-refractivity contribution in [1.29, 1.82) is 0 Å². The number of hydrogen-bond acceptors (Lipinski definition) is 3. The van der Waals surface area contributed by atoms with Crippen LogP contribution in [0.4, 0.5) is 0 Å². The molecule has 2 fully saturated rings. The second-order valence-electron chi connectivity index (χ2n) is 5.95. The summed E-state index contributed by atoms with van der Waals surface area (Å²) in [6.45, 7) is 6.67. The second kappa shape index (κ2) is 6.52. The van der Waals surface area contributed by atoms with Gasteiger partial charge < -0.3 is 5.32 Å². The van der Waals surface area contributed by atoms with Crippen LogP contribution < -0.4 is 10.0 Å². The zero-order valence-corrected chi connectivity index (χ0v) is 12.9. The van der Waals surface area contributed by atoms with Crippen molar-refractivity contribution in [2.45, 2.75) is 58.0 Å². The first kappa shape index (κ1) is 15.2. The summed E-state index contributed by atoms with van der Waals surface area (Å²) in [5, 5.41) is 3.32. The summed E-state index contributed by atoms with van der Waals surface area (Å²) in [5.41, 5.74) is 0. The van der Waals surface area contributed by atoms with Crippen LogP contribution in [-0.4, -0.2) is 44.4 Å². The van der Waals surface area contributed by atoms with Gasteiger partial charge in [0.2, 0.25) is 0 Å². The van der Waals surface area contributed by atoms with Crippen LogP contribution in [-0.2, 0) is 10.2 Å². The maximum Gasteiger partial charge on any atom is 0.279 e. The molecule has 5 nitrogen and oxygen atoms in total. The van der Waals surface area contributed by atoms with E-state index in [9.17, 15) is 8.42 Å². The first-order valence-electron chi connectivity index (χ1n) is 7.50. The van der Waals surface area contributed by atoms with Gasteiger partial charge in [0.15, 0.2) is 0 Å². The summed E-state index contributed by atoms with van der Waals surface area (Å²) >= 11 is 0. The minimum absolute atomic E-state index is 0.0289. The SMILES string of the molecule is CC(NS(=O)(=O)N1CCCCC1C)C1CCNCC1. The molecule has 0 aromatic rings. The first-order chi connectivity index (χ1) is 9.00. The van der Waals surface area contributed by atoms with E-state index in [-0.39, 0.29) is 12.1 Å². The minimum atomic E-state index is -3.32. The number of nitrogens with zero attached hydrogens (tertiary/aromatic N) is 1. The van der Waals surface area contributed by atoms with Crippen molar-refractivity contribution in [3.8, 4) is 0 Å². The Hall–Kier alpha value is -0.170. The lowest BCUT2D eigenvalue weighted by Gasteiger charge is -2.35. The zero-order chi connectivity index (χ0) is 13.9. The molecule has 2 rings (SSSR count). The molecule has 0 aromatic carbocycles. The molecule has 0 bridgehead atoms. The Labute approximate surface area is 117 Å². The van der Waals surface area contributed by atoms with Crippen molar-refractivity contribution in [1.82, 2.24) is 14.3 Å². The Bertz CT molecular complexity index is 379. The molecule has 2 N–H and O–H groups in total. The summed E-state index contributed by atoms with van der Waals surface area (Å²) < 4.78 is 29.4. The molecule has 6 heteroatoms. The predicted octanol–water partition coefficient (Wildman–Crippen LogP) is 1.08. The van der Waals surface area contributed by atoms with Crippen LogP contribution >= 0.6 is 0 Å². The lowest BCUT2D eigenvalue weighted by molar-refractivity contribution is 0.256. The summed E-state index contributed by atoms with van der Waals surface area (Å²) in [6, 6.07) is 0.160. The Morgan fingerprint density at radius 3 is 2.53 bits per heavy atom. The number of nitrogens with one attached hydrogen (secondary N) is 2. The maximum absolute atomic E-state index is 12.4. The molecule has 0 spiro atoms. The van der Waals surface area contributed by atoms with Crippen molar-refractivity contribution in [3.05, 3.63) is 0 Å². The van der Waals surface area contributed by atoms with Gasteiger partial charge in [-0.15, -0.1) is 0 Å². The van der Waals surface area contributed by atoms with Crippen molar-refractivity contribution in [2.24, 2.45) is 5.92 Å². The Kier molecular flexibility index (Phi) is 5.22. The van der Waals surface area contributed by atoms with Crippen molar-refractivity contribution < 1.29 is 8.42 Å². The van der Waals surface area contributed by atoms with Crippen molar-refractivity contribution >= 4 is 10.2 Å². The van der Waals surface area contributed by atoms with Crippen LogP contribution in [0.2, 0.25) is 0 Å². The van der Waals surface area contributed by atoms with E-state index in [0.29, 0.717) is 12.5 Å². The van der Waals surface area contributed by atoms with Crippen molar-refractivity contribution in [3.63, 3.8) is 0 Å². The zero-order valence-electron chi connectivity index (χ0n) is 12.1. The van der Waals surface area contributed by atoms with Crippen LogP contribution in [0.15, 0.2) is 0 Å². The summed E-state index contributed by atoms with van der Waals surface area (Å²) in [4.78, 5) is 0. The lowest BCUT2D eigenvalue weighted by Crippen LogP contribution is -2.52. The maximum atomic E-state index is 12.4. The van der Waals surface area contributed by atoms with Gasteiger partial charge in [0, 0.05) is 18.6 Å². The van der Waals surface area contributed by atoms with E-state index in [4.69, 9.17) is 0 Å². The van der Waals surface area contributed by atoms with E-state index in [0.717, 1.165) is 45.2 Å². The van der Waals surface area contributed by atoms with Crippen LogP contribution in [0.25, 0.3) is 0 Å². The minimum Gasteiger partial charge on any atom is -0.317 e. The normalized spacial score (nSPS) is 29.3. The molecule has 19 heavy (non-hydrogen) atoms. The third kappa shape index (κ3) is 3.90. The highest BCUT2D eigenvalue weighted by Gasteiger charge is 2.32. The van der Waals surface area contributed by atoms with E-state index in [1.807, 2.05) is 13.8 Å². The van der Waals surface area contributed by atoms with E-state index in [2.05, 4.69) is 10.0 Å². The summed E-state index contributed by atoms with van der Waals surface area (Å²) in [6.07, 6.45) is 5.20. The van der Waals surface area contributed by atoms with Crippen LogP contribution in [0.1, 0.15) is 46.0 Å². The summed E-state index contributed by atoms with van der Waals surface area (Å²) in [5.74, 6) is 0.455. The van der Waals surface area contributed by atoms with Gasteiger partial charge in [-0.3, -0.25) is 0 Å². The number of rotatable bonds is 4. The molecule has 2 aliphatic rings. The van der Waals surface area contributed by atoms with E-state index >= 15 is 0 Å². The fraction of sp³-hybridized carbons (Fsp3) is 1.00. The molecule has 0 amide bonds. The van der Waals surface area contributed by atoms with Gasteiger partial charge in [-0.2, -0.15) is 17.4 Å². The fourth-order valence-electron chi connectivity index (χ4n) is 3.17. The molecule has 2 saturated heterocycles. The molecule has 2 atom stereocenters. The molecule has 0 radical (unpaired) electrons. The molecule has 2 unspecified atom stereocenters. The predicted molar refractivity (Wildman–Crippen MR) is 77.1 cm³/mol. The molecule has 0 aromatic heterocycles. The average Bonchev–Trinajstić information content (AvgIpc) is 2.39. The lowest BCUT2D eigenvalue weighted by atomic mass is 9.92. The topological polar surface area (TPSA) is 61.4 Å². The van der Waals surface area contributed by atoms with Gasteiger partial charge >= 0.3 is 0 Å². The van der Waals surface area contributed by atoms with Gasteiger partial charge in [-0.25, -0.2) is 0 Å². The Balaban J connectivity index is 1.95. The largest absolute Gasteiger partial charge is 0.317 e. The molecule has 0 aliphatic carbocycles. The quantitative estimate of drug-likeness (QED) is 0.814. The first-order valence-corrected chi connectivity index (χ1v) is 8.94. The highest BCUT2D eigenvalue weighted by molar-refractivity contribution is 7.87. The Morgan fingerprint density at radius 2 is 1.89 bits per heavy atom. The van der Waals surface area contributed by atoms with Gasteiger partial charge in [-0.05, 0) is 58.5 Å². The molecular weight excluding hydrogens is 262 g/mol. The third-order valence-electron chi connectivity index (χ3n) is 4.48. The highest BCUT2D eigenvalue weighted by Crippen LogP contribution is 2.21. The fourth-order valence-corrected chi connectivity index (χ4v) is 4.92. The monoisotopic (exact) mass is 289 g/mol. The van der Waals surface area contributed by atoms with Crippen LogP contribution in [0, 0.1) is 5.92 Å². The van der Waals surface area contributed by atoms with E-state index < -0.39 is 10.2 Å². The summed E-state index contributed by atoms with van der Waals surface area (Å²) in [7, 11) is -3.32. The van der Waals surface area contributed by atoms with Crippen LogP contribution in [0.3, 0.4) is 0 Å². The van der Waals surface area contributed by atoms with Crippen LogP contribution in [0.5, 0.6) is 0 Å². The standard InChI is InChI=1S/C13H27N3O2S/c1-11-5-3-4-10-16(11)19(17,18)15-12(2)13-6-8-14-9-7-13/h11-15H,3-10H2,1-2H3. The molecular formula is C13H27N3O2S. The molecule has 2 heterocycles. The van der Waals surface area contributed by atoms with Gasteiger partial charge in [0.1, 0.15) is 0 Å². The molecule has 112 valence electrons. The smallest absolute Gasteiger partial charge is 0.279 e. The number of piperidine rings is 2. The highest BCUT2D eigenvalue weighted by atomic mass is 32.2. The van der Waals surface area contributed by atoms with Gasteiger partial charge in [0.05, 0.1) is 0 Å². The van der Waals surface area contributed by atoms with Gasteiger partial charge in [-0.1, -0.05) is 6.42 Å². The molecule has 2 aliphatic heterocycles. The average molecular weight is 289 g/mol. The van der Waals surface area contributed by atoms with E-state index in [1.54, 1.807) is 4.31 Å². The van der Waals surface area contributed by atoms with Crippen molar-refractivity contribution in [2.75, 3.05) is 19.6 Å². The third-order valence-corrected chi connectivity index (χ3v) is 6.31. The number of hydrogen-bond donors (Lipinski definition) is 2.